The number of ether oxygens (including phenoxy) is 1. The Hall–Kier alpha value is -3.53. The van der Waals surface area contributed by atoms with Crippen LogP contribution < -0.4 is 4.90 Å². The molecular formula is C27H27F2N7O. The molecule has 0 spiro atoms. The number of aryl methyl sites for hydroxylation is 2. The van der Waals surface area contributed by atoms with Crippen molar-refractivity contribution in [1.82, 2.24) is 29.7 Å². The van der Waals surface area contributed by atoms with Gasteiger partial charge in [0, 0.05) is 29.9 Å². The SMILES string of the molecule is Cc1nc2nc(N3C[C@H](c4cnn(C5CC5)c4)O[C@@H](C4CC4)C3)nc(-c3ccc(F)cc3F)c2nc1C. The summed E-state index contributed by atoms with van der Waals surface area (Å²) in [5, 5.41) is 4.56. The van der Waals surface area contributed by atoms with E-state index in [1.807, 2.05) is 24.7 Å². The lowest BCUT2D eigenvalue weighted by Crippen LogP contribution is -2.45. The van der Waals surface area contributed by atoms with Crippen LogP contribution in [0.15, 0.2) is 30.6 Å². The minimum Gasteiger partial charge on any atom is -0.366 e. The molecule has 1 saturated heterocycles. The zero-order chi connectivity index (χ0) is 25.3. The van der Waals surface area contributed by atoms with Gasteiger partial charge in [-0.2, -0.15) is 10.1 Å². The number of aromatic nitrogens is 6. The van der Waals surface area contributed by atoms with Crippen LogP contribution in [0, 0.1) is 31.4 Å². The number of halogens is 2. The van der Waals surface area contributed by atoms with Gasteiger partial charge in [-0.05, 0) is 57.6 Å². The normalized spacial score (nSPS) is 22.1. The molecule has 0 radical (unpaired) electrons. The highest BCUT2D eigenvalue weighted by Crippen LogP contribution is 2.41. The van der Waals surface area contributed by atoms with Gasteiger partial charge in [-0.3, -0.25) is 4.68 Å². The van der Waals surface area contributed by atoms with E-state index in [4.69, 9.17) is 14.7 Å². The lowest BCUT2D eigenvalue weighted by Gasteiger charge is -2.38. The van der Waals surface area contributed by atoms with Gasteiger partial charge in [-0.1, -0.05) is 0 Å². The minimum absolute atomic E-state index is 0.0409. The molecule has 2 saturated carbocycles. The molecule has 1 aliphatic heterocycles. The topological polar surface area (TPSA) is 81.9 Å². The van der Waals surface area contributed by atoms with Crippen molar-refractivity contribution in [2.24, 2.45) is 5.92 Å². The van der Waals surface area contributed by atoms with Crippen LogP contribution in [-0.2, 0) is 4.74 Å². The first-order valence-electron chi connectivity index (χ1n) is 12.9. The number of morpholine rings is 1. The lowest BCUT2D eigenvalue weighted by molar-refractivity contribution is -0.0390. The van der Waals surface area contributed by atoms with E-state index in [9.17, 15) is 8.78 Å². The average molecular weight is 504 g/mol. The highest BCUT2D eigenvalue weighted by atomic mass is 19.1. The van der Waals surface area contributed by atoms with Gasteiger partial charge in [0.2, 0.25) is 5.95 Å². The predicted molar refractivity (Wildman–Crippen MR) is 133 cm³/mol. The molecule has 3 fully saturated rings. The molecule has 0 N–H and O–H groups in total. The third kappa shape index (κ3) is 4.22. The Morgan fingerprint density at radius 3 is 2.51 bits per heavy atom. The van der Waals surface area contributed by atoms with E-state index in [0.29, 0.717) is 53.5 Å². The summed E-state index contributed by atoms with van der Waals surface area (Å²) in [6.45, 7) is 4.88. The average Bonchev–Trinajstić information content (AvgIpc) is 3.83. The van der Waals surface area contributed by atoms with Crippen LogP contribution in [-0.4, -0.2) is 48.9 Å². The molecule has 0 amide bonds. The Kier molecular flexibility index (Phi) is 5.21. The molecule has 7 rings (SSSR count). The van der Waals surface area contributed by atoms with Crippen LogP contribution in [0.3, 0.4) is 0 Å². The number of nitrogens with zero attached hydrogens (tertiary/aromatic N) is 7. The van der Waals surface area contributed by atoms with Gasteiger partial charge < -0.3 is 9.64 Å². The first kappa shape index (κ1) is 22.7. The highest BCUT2D eigenvalue weighted by Gasteiger charge is 2.40. The molecule has 1 aromatic carbocycles. The fourth-order valence-corrected chi connectivity index (χ4v) is 5.03. The summed E-state index contributed by atoms with van der Waals surface area (Å²) in [6, 6.07) is 3.98. The van der Waals surface area contributed by atoms with Gasteiger partial charge in [0.1, 0.15) is 28.9 Å². The zero-order valence-corrected chi connectivity index (χ0v) is 20.7. The van der Waals surface area contributed by atoms with Crippen LogP contribution in [0.25, 0.3) is 22.4 Å². The minimum atomic E-state index is -0.700. The third-order valence-corrected chi connectivity index (χ3v) is 7.59. The molecule has 2 aliphatic carbocycles. The predicted octanol–water partition coefficient (Wildman–Crippen LogP) is 4.87. The van der Waals surface area contributed by atoms with E-state index in [1.54, 1.807) is 0 Å². The molecule has 4 aromatic rings. The smallest absolute Gasteiger partial charge is 0.228 e. The molecule has 190 valence electrons. The van der Waals surface area contributed by atoms with Gasteiger partial charge in [0.05, 0.1) is 36.3 Å². The van der Waals surface area contributed by atoms with Crippen LogP contribution in [0.2, 0.25) is 0 Å². The summed E-state index contributed by atoms with van der Waals surface area (Å²) < 4.78 is 37.3. The Labute approximate surface area is 212 Å². The molecule has 4 heterocycles. The van der Waals surface area contributed by atoms with Crippen molar-refractivity contribution < 1.29 is 13.5 Å². The number of anilines is 1. The zero-order valence-electron chi connectivity index (χ0n) is 20.7. The number of rotatable bonds is 5. The van der Waals surface area contributed by atoms with E-state index in [0.717, 1.165) is 43.0 Å². The molecule has 8 nitrogen and oxygen atoms in total. The van der Waals surface area contributed by atoms with Crippen molar-refractivity contribution in [3.05, 3.63) is 59.2 Å². The second-order valence-corrected chi connectivity index (χ2v) is 10.5. The van der Waals surface area contributed by atoms with E-state index in [2.05, 4.69) is 26.2 Å². The molecule has 0 bridgehead atoms. The van der Waals surface area contributed by atoms with Gasteiger partial charge in [-0.15, -0.1) is 0 Å². The third-order valence-electron chi connectivity index (χ3n) is 7.59. The van der Waals surface area contributed by atoms with Gasteiger partial charge in [0.25, 0.3) is 0 Å². The molecule has 3 aromatic heterocycles. The fourth-order valence-electron chi connectivity index (χ4n) is 5.03. The van der Waals surface area contributed by atoms with E-state index < -0.39 is 11.6 Å². The van der Waals surface area contributed by atoms with Gasteiger partial charge in [-0.25, -0.2) is 23.7 Å². The van der Waals surface area contributed by atoms with Crippen molar-refractivity contribution in [2.75, 3.05) is 18.0 Å². The summed E-state index contributed by atoms with van der Waals surface area (Å²) in [5.74, 6) is -0.401. The van der Waals surface area contributed by atoms with Crippen molar-refractivity contribution in [1.29, 1.82) is 0 Å². The van der Waals surface area contributed by atoms with Crippen LogP contribution in [0.5, 0.6) is 0 Å². The van der Waals surface area contributed by atoms with E-state index in [1.165, 1.54) is 12.1 Å². The van der Waals surface area contributed by atoms with Gasteiger partial charge >= 0.3 is 0 Å². The summed E-state index contributed by atoms with van der Waals surface area (Å²) >= 11 is 0. The second-order valence-electron chi connectivity index (χ2n) is 10.5. The molecule has 2 atom stereocenters. The second kappa shape index (κ2) is 8.51. The van der Waals surface area contributed by atoms with Crippen LogP contribution in [0.4, 0.5) is 14.7 Å². The van der Waals surface area contributed by atoms with Crippen molar-refractivity contribution in [3.8, 4) is 11.3 Å². The van der Waals surface area contributed by atoms with Crippen LogP contribution >= 0.6 is 0 Å². The molecule has 37 heavy (non-hydrogen) atoms. The molecule has 10 heteroatoms. The Morgan fingerprint density at radius 1 is 0.946 bits per heavy atom. The maximum atomic E-state index is 15.0. The number of fused-ring (bicyclic) bond motifs is 1. The molecule has 0 unspecified atom stereocenters. The fraction of sp³-hybridized carbons (Fsp3) is 0.444. The lowest BCUT2D eigenvalue weighted by atomic mass is 10.1. The summed E-state index contributed by atoms with van der Waals surface area (Å²) in [4.78, 5) is 21.0. The van der Waals surface area contributed by atoms with E-state index in [-0.39, 0.29) is 17.8 Å². The largest absolute Gasteiger partial charge is 0.366 e. The van der Waals surface area contributed by atoms with Crippen molar-refractivity contribution >= 4 is 17.1 Å². The van der Waals surface area contributed by atoms with Crippen molar-refractivity contribution in [2.45, 2.75) is 57.8 Å². The standard InChI is InChI=1S/C27H27F2N7O/c1-14-15(2)32-26-25(31-14)24(20-8-5-18(28)9-21(20)29)33-27(34-26)35-12-22(16-3-4-16)37-23(13-35)17-10-30-36(11-17)19-6-7-19/h5,8-11,16,19,22-23H,3-4,6-7,12-13H2,1-2H3/t22-,23-/m1/s1. The summed E-state index contributed by atoms with van der Waals surface area (Å²) in [6.07, 6.45) is 8.46. The Bertz CT molecular complexity index is 1510. The number of hydrogen-bond acceptors (Lipinski definition) is 7. The molecule has 3 aliphatic rings. The Morgan fingerprint density at radius 2 is 1.76 bits per heavy atom. The number of hydrogen-bond donors (Lipinski definition) is 0. The highest BCUT2D eigenvalue weighted by molar-refractivity contribution is 5.88. The number of benzene rings is 1. The monoisotopic (exact) mass is 503 g/mol. The van der Waals surface area contributed by atoms with Crippen molar-refractivity contribution in [3.63, 3.8) is 0 Å². The van der Waals surface area contributed by atoms with Gasteiger partial charge in [0.15, 0.2) is 5.65 Å². The Balaban J connectivity index is 1.32. The first-order valence-corrected chi connectivity index (χ1v) is 12.9. The summed E-state index contributed by atoms with van der Waals surface area (Å²) in [5.41, 5.74) is 3.75. The molecular weight excluding hydrogens is 476 g/mol. The van der Waals surface area contributed by atoms with E-state index >= 15 is 0 Å². The summed E-state index contributed by atoms with van der Waals surface area (Å²) in [7, 11) is 0. The maximum absolute atomic E-state index is 15.0. The first-order chi connectivity index (χ1) is 17.9. The quantitative estimate of drug-likeness (QED) is 0.384. The van der Waals surface area contributed by atoms with Crippen LogP contribution in [0.1, 0.15) is 54.8 Å². The maximum Gasteiger partial charge on any atom is 0.228 e.